The molecule has 16 heavy (non-hydrogen) atoms. The zero-order valence-corrected chi connectivity index (χ0v) is 11.3. The summed E-state index contributed by atoms with van der Waals surface area (Å²) in [5.41, 5.74) is 3.44. The molecule has 0 aliphatic carbocycles. The van der Waals surface area contributed by atoms with Crippen molar-refractivity contribution in [3.8, 4) is 0 Å². The number of nitrogens with one attached hydrogen (secondary N) is 1. The van der Waals surface area contributed by atoms with E-state index in [2.05, 4.69) is 39.0 Å². The van der Waals surface area contributed by atoms with Gasteiger partial charge < -0.3 is 10.1 Å². The number of esters is 1. The molecule has 0 radical (unpaired) electrons. The molecule has 0 bridgehead atoms. The lowest BCUT2D eigenvalue weighted by molar-refractivity contribution is -0.139. The SMILES string of the molecule is COC(=O)C(Br)CNc1ccc(C)cc1C. The van der Waals surface area contributed by atoms with Crippen molar-refractivity contribution >= 4 is 27.6 Å². The molecule has 1 rings (SSSR count). The van der Waals surface area contributed by atoms with Crippen molar-refractivity contribution in [1.29, 1.82) is 0 Å². The van der Waals surface area contributed by atoms with Gasteiger partial charge in [0.2, 0.25) is 0 Å². The maximum absolute atomic E-state index is 11.2. The van der Waals surface area contributed by atoms with Crippen LogP contribution in [0.15, 0.2) is 18.2 Å². The van der Waals surface area contributed by atoms with Gasteiger partial charge in [0, 0.05) is 12.2 Å². The topological polar surface area (TPSA) is 38.3 Å². The van der Waals surface area contributed by atoms with E-state index in [1.165, 1.54) is 18.2 Å². The average molecular weight is 286 g/mol. The van der Waals surface area contributed by atoms with Crippen molar-refractivity contribution in [2.24, 2.45) is 0 Å². The van der Waals surface area contributed by atoms with Gasteiger partial charge in [0.15, 0.2) is 0 Å². The van der Waals surface area contributed by atoms with Crippen LogP contribution in [0.5, 0.6) is 0 Å². The summed E-state index contributed by atoms with van der Waals surface area (Å²) in [4.78, 5) is 10.8. The number of carbonyl (C=O) groups excluding carboxylic acids is 1. The summed E-state index contributed by atoms with van der Waals surface area (Å²) in [5.74, 6) is -0.266. The van der Waals surface area contributed by atoms with Crippen molar-refractivity contribution in [2.45, 2.75) is 18.7 Å². The standard InChI is InChI=1S/C12H16BrNO2/c1-8-4-5-11(9(2)6-8)14-7-10(13)12(15)16-3/h4-6,10,14H,7H2,1-3H3. The fraction of sp³-hybridized carbons (Fsp3) is 0.417. The molecule has 1 atom stereocenters. The minimum absolute atomic E-state index is 0.266. The second-order valence-electron chi connectivity index (χ2n) is 3.69. The van der Waals surface area contributed by atoms with Crippen molar-refractivity contribution in [1.82, 2.24) is 0 Å². The summed E-state index contributed by atoms with van der Waals surface area (Å²) in [6, 6.07) is 6.15. The molecule has 0 aliphatic rings. The minimum Gasteiger partial charge on any atom is -0.468 e. The Morgan fingerprint density at radius 2 is 2.19 bits per heavy atom. The molecule has 0 saturated carbocycles. The number of rotatable bonds is 4. The third kappa shape index (κ3) is 3.52. The van der Waals surface area contributed by atoms with E-state index in [9.17, 15) is 4.79 Å². The van der Waals surface area contributed by atoms with Gasteiger partial charge in [0.25, 0.3) is 0 Å². The lowest BCUT2D eigenvalue weighted by Crippen LogP contribution is -2.24. The molecule has 4 heteroatoms. The first kappa shape index (κ1) is 13.0. The summed E-state index contributed by atoms with van der Waals surface area (Å²) in [6.07, 6.45) is 0. The fourth-order valence-corrected chi connectivity index (χ4v) is 1.77. The number of methoxy groups -OCH3 is 1. The number of anilines is 1. The van der Waals surface area contributed by atoms with Crippen LogP contribution in [0.4, 0.5) is 5.69 Å². The van der Waals surface area contributed by atoms with Gasteiger partial charge in [-0.3, -0.25) is 4.79 Å². The van der Waals surface area contributed by atoms with Crippen LogP contribution in [-0.4, -0.2) is 24.5 Å². The monoisotopic (exact) mass is 285 g/mol. The summed E-state index contributed by atoms with van der Waals surface area (Å²) < 4.78 is 4.62. The number of benzene rings is 1. The van der Waals surface area contributed by atoms with E-state index in [1.807, 2.05) is 19.1 Å². The molecule has 0 fully saturated rings. The molecule has 0 aromatic heterocycles. The molecular weight excluding hydrogens is 270 g/mol. The van der Waals surface area contributed by atoms with Gasteiger partial charge in [-0.25, -0.2) is 0 Å². The van der Waals surface area contributed by atoms with Crippen molar-refractivity contribution in [3.63, 3.8) is 0 Å². The molecule has 88 valence electrons. The van der Waals surface area contributed by atoms with Gasteiger partial charge in [0.05, 0.1) is 7.11 Å². The molecule has 0 aliphatic heterocycles. The Bertz CT molecular complexity index is 379. The zero-order valence-electron chi connectivity index (χ0n) is 9.71. The molecule has 0 amide bonds. The van der Waals surface area contributed by atoms with Crippen LogP contribution in [-0.2, 0) is 9.53 Å². The number of alkyl halides is 1. The predicted molar refractivity (Wildman–Crippen MR) is 69.1 cm³/mol. The number of carbonyl (C=O) groups is 1. The largest absolute Gasteiger partial charge is 0.468 e. The lowest BCUT2D eigenvalue weighted by atomic mass is 10.1. The van der Waals surface area contributed by atoms with Crippen LogP contribution in [0.25, 0.3) is 0 Å². The summed E-state index contributed by atoms with van der Waals surface area (Å²) in [6.45, 7) is 4.60. The van der Waals surface area contributed by atoms with Crippen molar-refractivity contribution in [2.75, 3.05) is 19.0 Å². The van der Waals surface area contributed by atoms with E-state index < -0.39 is 0 Å². The minimum atomic E-state index is -0.321. The van der Waals surface area contributed by atoms with Gasteiger partial charge in [-0.2, -0.15) is 0 Å². The molecule has 1 aromatic carbocycles. The molecule has 0 saturated heterocycles. The smallest absolute Gasteiger partial charge is 0.321 e. The highest BCUT2D eigenvalue weighted by Gasteiger charge is 2.14. The van der Waals surface area contributed by atoms with Crippen LogP contribution in [0.3, 0.4) is 0 Å². The maximum atomic E-state index is 11.2. The van der Waals surface area contributed by atoms with Gasteiger partial charge in [-0.1, -0.05) is 33.6 Å². The van der Waals surface area contributed by atoms with Crippen LogP contribution in [0.1, 0.15) is 11.1 Å². The molecule has 0 heterocycles. The van der Waals surface area contributed by atoms with E-state index in [0.717, 1.165) is 5.69 Å². The highest BCUT2D eigenvalue weighted by Crippen LogP contribution is 2.16. The molecular formula is C12H16BrNO2. The number of hydrogen-bond acceptors (Lipinski definition) is 3. The molecule has 1 unspecified atom stereocenters. The normalized spacial score (nSPS) is 12.0. The van der Waals surface area contributed by atoms with Crippen LogP contribution >= 0.6 is 15.9 Å². The van der Waals surface area contributed by atoms with Gasteiger partial charge in [-0.05, 0) is 25.5 Å². The number of aryl methyl sites for hydroxylation is 2. The van der Waals surface area contributed by atoms with Crippen LogP contribution < -0.4 is 5.32 Å². The summed E-state index contributed by atoms with van der Waals surface area (Å²) in [7, 11) is 1.38. The Morgan fingerprint density at radius 1 is 1.50 bits per heavy atom. The van der Waals surface area contributed by atoms with E-state index in [-0.39, 0.29) is 10.8 Å². The Kier molecular flexibility index (Phi) is 4.80. The molecule has 0 spiro atoms. The van der Waals surface area contributed by atoms with Gasteiger partial charge in [0.1, 0.15) is 4.83 Å². The van der Waals surface area contributed by atoms with Crippen LogP contribution in [0, 0.1) is 13.8 Å². The zero-order chi connectivity index (χ0) is 12.1. The number of ether oxygens (including phenoxy) is 1. The lowest BCUT2D eigenvalue weighted by Gasteiger charge is -2.12. The average Bonchev–Trinajstić information content (AvgIpc) is 2.26. The Morgan fingerprint density at radius 3 is 2.75 bits per heavy atom. The van der Waals surface area contributed by atoms with E-state index >= 15 is 0 Å². The maximum Gasteiger partial charge on any atom is 0.321 e. The van der Waals surface area contributed by atoms with Gasteiger partial charge in [-0.15, -0.1) is 0 Å². The quantitative estimate of drug-likeness (QED) is 0.683. The van der Waals surface area contributed by atoms with Crippen molar-refractivity contribution < 1.29 is 9.53 Å². The molecule has 1 aromatic rings. The fourth-order valence-electron chi connectivity index (χ4n) is 1.42. The Labute approximate surface area is 104 Å². The van der Waals surface area contributed by atoms with E-state index in [0.29, 0.717) is 6.54 Å². The third-order valence-corrected chi connectivity index (χ3v) is 3.01. The number of halogens is 1. The highest BCUT2D eigenvalue weighted by atomic mass is 79.9. The third-order valence-electron chi connectivity index (χ3n) is 2.31. The highest BCUT2D eigenvalue weighted by molar-refractivity contribution is 9.10. The second-order valence-corrected chi connectivity index (χ2v) is 4.80. The van der Waals surface area contributed by atoms with Crippen LogP contribution in [0.2, 0.25) is 0 Å². The Hall–Kier alpha value is -1.03. The van der Waals surface area contributed by atoms with Gasteiger partial charge >= 0.3 is 5.97 Å². The molecule has 3 nitrogen and oxygen atoms in total. The summed E-state index contributed by atoms with van der Waals surface area (Å²) >= 11 is 3.26. The predicted octanol–water partition coefficient (Wildman–Crippen LogP) is 2.65. The molecule has 1 N–H and O–H groups in total. The Balaban J connectivity index is 2.58. The number of hydrogen-bond donors (Lipinski definition) is 1. The first-order valence-electron chi connectivity index (χ1n) is 5.07. The van der Waals surface area contributed by atoms with E-state index in [4.69, 9.17) is 0 Å². The summed E-state index contributed by atoms with van der Waals surface area (Å²) in [5, 5.41) is 3.21. The van der Waals surface area contributed by atoms with Crippen molar-refractivity contribution in [3.05, 3.63) is 29.3 Å². The second kappa shape index (κ2) is 5.89. The first-order chi connectivity index (χ1) is 7.54. The van der Waals surface area contributed by atoms with E-state index in [1.54, 1.807) is 0 Å². The first-order valence-corrected chi connectivity index (χ1v) is 5.99.